The number of ether oxygens (including phenoxy) is 2. The summed E-state index contributed by atoms with van der Waals surface area (Å²) in [4.78, 5) is 0. The van der Waals surface area contributed by atoms with Crippen LogP contribution in [0.5, 0.6) is 11.5 Å². The molecule has 0 aliphatic rings. The first kappa shape index (κ1) is 18.0. The van der Waals surface area contributed by atoms with Gasteiger partial charge in [-0.15, -0.1) is 0 Å². The van der Waals surface area contributed by atoms with Crippen molar-refractivity contribution in [3.05, 3.63) is 58.1 Å². The number of hydrogen-bond donors (Lipinski definition) is 1. The number of aromatic nitrogens is 4. The molecule has 0 unspecified atom stereocenters. The molecule has 0 saturated heterocycles. The van der Waals surface area contributed by atoms with Crippen molar-refractivity contribution < 1.29 is 9.47 Å². The molecule has 0 spiro atoms. The van der Waals surface area contributed by atoms with Gasteiger partial charge in [-0.1, -0.05) is 41.0 Å². The number of methoxy groups -OCH3 is 1. The molecule has 0 saturated carbocycles. The van der Waals surface area contributed by atoms with Crippen molar-refractivity contribution in [2.45, 2.75) is 20.1 Å². The summed E-state index contributed by atoms with van der Waals surface area (Å²) >= 11 is 6.42. The van der Waals surface area contributed by atoms with Crippen LogP contribution in [0.15, 0.2) is 36.4 Å². The number of nitrogens with one attached hydrogen (secondary N) is 1. The maximum atomic E-state index is 6.42. The van der Waals surface area contributed by atoms with E-state index in [0.29, 0.717) is 35.6 Å². The first-order valence-electron chi connectivity index (χ1n) is 8.08. The second-order valence-corrected chi connectivity index (χ2v) is 6.20. The Labute approximate surface area is 156 Å². The van der Waals surface area contributed by atoms with E-state index < -0.39 is 0 Å². The largest absolute Gasteiger partial charge is 0.493 e. The Hall–Kier alpha value is -2.80. The predicted octanol–water partition coefficient (Wildman–Crippen LogP) is 3.37. The summed E-state index contributed by atoms with van der Waals surface area (Å²) in [6, 6.07) is 11.7. The third-order valence-corrected chi connectivity index (χ3v) is 4.39. The first-order chi connectivity index (χ1) is 12.6. The molecule has 0 atom stereocenters. The van der Waals surface area contributed by atoms with Gasteiger partial charge in [-0.2, -0.15) is 0 Å². The molecule has 0 bridgehead atoms. The van der Waals surface area contributed by atoms with Crippen molar-refractivity contribution in [1.29, 1.82) is 0 Å². The van der Waals surface area contributed by atoms with E-state index >= 15 is 0 Å². The third-order valence-electron chi connectivity index (χ3n) is 4.03. The van der Waals surface area contributed by atoms with E-state index in [9.17, 15) is 0 Å². The fourth-order valence-electron chi connectivity index (χ4n) is 2.47. The van der Waals surface area contributed by atoms with Gasteiger partial charge >= 0.3 is 0 Å². The predicted molar refractivity (Wildman–Crippen MR) is 99.6 cm³/mol. The second-order valence-electron chi connectivity index (χ2n) is 5.79. The molecule has 1 N–H and O–H groups in total. The highest BCUT2D eigenvalue weighted by molar-refractivity contribution is 6.31. The molecule has 0 fully saturated rings. The smallest absolute Gasteiger partial charge is 0.242 e. The average molecular weight is 374 g/mol. The molecular formula is C18H20ClN5O2. The molecule has 0 radical (unpaired) electrons. The molecule has 136 valence electrons. The summed E-state index contributed by atoms with van der Waals surface area (Å²) in [6.07, 6.45) is 0. The SMILES string of the molecule is COc1cc(CNc2nnnn2C)c(Cl)cc1OCc1ccccc1C. The number of benzene rings is 2. The van der Waals surface area contributed by atoms with Crippen LogP contribution in [0.1, 0.15) is 16.7 Å². The summed E-state index contributed by atoms with van der Waals surface area (Å²) in [5, 5.41) is 15.0. The normalized spacial score (nSPS) is 10.6. The van der Waals surface area contributed by atoms with Gasteiger partial charge in [-0.3, -0.25) is 0 Å². The summed E-state index contributed by atoms with van der Waals surface area (Å²) in [7, 11) is 3.36. The molecular weight excluding hydrogens is 354 g/mol. The van der Waals surface area contributed by atoms with E-state index in [1.807, 2.05) is 24.3 Å². The van der Waals surface area contributed by atoms with Crippen LogP contribution < -0.4 is 14.8 Å². The van der Waals surface area contributed by atoms with Crippen molar-refractivity contribution >= 4 is 17.5 Å². The van der Waals surface area contributed by atoms with E-state index in [1.54, 1.807) is 24.9 Å². The Morgan fingerprint density at radius 2 is 1.96 bits per heavy atom. The van der Waals surface area contributed by atoms with Crippen molar-refractivity contribution in [2.24, 2.45) is 7.05 Å². The van der Waals surface area contributed by atoms with Crippen LogP contribution in [-0.2, 0) is 20.2 Å². The number of tetrazole rings is 1. The van der Waals surface area contributed by atoms with Gasteiger partial charge in [-0.05, 0) is 40.1 Å². The van der Waals surface area contributed by atoms with Crippen LogP contribution in [0.25, 0.3) is 0 Å². The monoisotopic (exact) mass is 373 g/mol. The molecule has 0 aliphatic carbocycles. The van der Waals surface area contributed by atoms with E-state index in [1.165, 1.54) is 5.56 Å². The van der Waals surface area contributed by atoms with Crippen LogP contribution >= 0.6 is 11.6 Å². The van der Waals surface area contributed by atoms with Crippen LogP contribution in [0.3, 0.4) is 0 Å². The quantitative estimate of drug-likeness (QED) is 0.684. The highest BCUT2D eigenvalue weighted by Gasteiger charge is 2.12. The summed E-state index contributed by atoms with van der Waals surface area (Å²) in [5.74, 6) is 1.78. The fourth-order valence-corrected chi connectivity index (χ4v) is 2.69. The van der Waals surface area contributed by atoms with Crippen LogP contribution in [-0.4, -0.2) is 27.3 Å². The van der Waals surface area contributed by atoms with Crippen molar-refractivity contribution in [1.82, 2.24) is 20.2 Å². The minimum absolute atomic E-state index is 0.446. The maximum Gasteiger partial charge on any atom is 0.242 e. The molecule has 2 aromatic carbocycles. The zero-order valence-corrected chi connectivity index (χ0v) is 15.6. The lowest BCUT2D eigenvalue weighted by Gasteiger charge is -2.15. The van der Waals surface area contributed by atoms with Gasteiger partial charge in [0, 0.05) is 24.7 Å². The fraction of sp³-hybridized carbons (Fsp3) is 0.278. The Balaban J connectivity index is 1.74. The molecule has 26 heavy (non-hydrogen) atoms. The van der Waals surface area contributed by atoms with Gasteiger partial charge in [-0.25, -0.2) is 4.68 Å². The van der Waals surface area contributed by atoms with Gasteiger partial charge in [0.1, 0.15) is 6.61 Å². The van der Waals surface area contributed by atoms with Crippen molar-refractivity contribution in [3.8, 4) is 11.5 Å². The zero-order valence-electron chi connectivity index (χ0n) is 14.9. The lowest BCUT2D eigenvalue weighted by Crippen LogP contribution is -2.07. The summed E-state index contributed by atoms with van der Waals surface area (Å²) in [5.41, 5.74) is 3.15. The van der Waals surface area contributed by atoms with Crippen LogP contribution in [0.2, 0.25) is 5.02 Å². The van der Waals surface area contributed by atoms with Gasteiger partial charge < -0.3 is 14.8 Å². The topological polar surface area (TPSA) is 74.1 Å². The number of nitrogens with zero attached hydrogens (tertiary/aromatic N) is 4. The minimum atomic E-state index is 0.446. The molecule has 0 aliphatic heterocycles. The molecule has 8 heteroatoms. The van der Waals surface area contributed by atoms with Gasteiger partial charge in [0.25, 0.3) is 0 Å². The summed E-state index contributed by atoms with van der Waals surface area (Å²) in [6.45, 7) is 2.96. The van der Waals surface area contributed by atoms with E-state index in [4.69, 9.17) is 21.1 Å². The lowest BCUT2D eigenvalue weighted by atomic mass is 10.1. The number of aryl methyl sites for hydroxylation is 2. The Kier molecular flexibility index (Phi) is 5.58. The number of rotatable bonds is 7. The Morgan fingerprint density at radius 1 is 1.15 bits per heavy atom. The van der Waals surface area contributed by atoms with Gasteiger partial charge in [0.15, 0.2) is 11.5 Å². The number of halogens is 1. The van der Waals surface area contributed by atoms with Gasteiger partial charge in [0.05, 0.1) is 7.11 Å². The number of hydrogen-bond acceptors (Lipinski definition) is 6. The summed E-state index contributed by atoms with van der Waals surface area (Å²) < 4.78 is 12.9. The molecule has 3 rings (SSSR count). The van der Waals surface area contributed by atoms with Gasteiger partial charge in [0.2, 0.25) is 5.95 Å². The number of anilines is 1. The standard InChI is InChI=1S/C18H20ClN5O2/c1-12-6-4-5-7-13(12)11-26-17-9-15(19)14(8-16(17)25-3)10-20-18-21-22-23-24(18)2/h4-9H,10-11H2,1-3H3,(H,20,21,23). The average Bonchev–Trinajstić information content (AvgIpc) is 3.05. The Morgan fingerprint density at radius 3 is 2.65 bits per heavy atom. The zero-order chi connectivity index (χ0) is 18.5. The van der Waals surface area contributed by atoms with Crippen LogP contribution in [0.4, 0.5) is 5.95 Å². The minimum Gasteiger partial charge on any atom is -0.493 e. The molecule has 1 aromatic heterocycles. The van der Waals surface area contributed by atoms with E-state index in [2.05, 4.69) is 33.8 Å². The van der Waals surface area contributed by atoms with Crippen LogP contribution in [0, 0.1) is 6.92 Å². The molecule has 1 heterocycles. The molecule has 7 nitrogen and oxygen atoms in total. The molecule has 0 amide bonds. The Bertz CT molecular complexity index is 897. The maximum absolute atomic E-state index is 6.42. The van der Waals surface area contributed by atoms with E-state index in [0.717, 1.165) is 11.1 Å². The highest BCUT2D eigenvalue weighted by atomic mass is 35.5. The first-order valence-corrected chi connectivity index (χ1v) is 8.46. The second kappa shape index (κ2) is 8.05. The van der Waals surface area contributed by atoms with E-state index in [-0.39, 0.29) is 0 Å². The third kappa shape index (κ3) is 4.05. The highest BCUT2D eigenvalue weighted by Crippen LogP contribution is 2.34. The molecule has 3 aromatic rings. The van der Waals surface area contributed by atoms with Crippen molar-refractivity contribution in [2.75, 3.05) is 12.4 Å². The lowest BCUT2D eigenvalue weighted by molar-refractivity contribution is 0.284. The van der Waals surface area contributed by atoms with Crippen molar-refractivity contribution in [3.63, 3.8) is 0 Å².